The van der Waals surface area contributed by atoms with Gasteiger partial charge >= 0.3 is 16.3 Å². The van der Waals surface area contributed by atoms with E-state index in [0.717, 1.165) is 51.5 Å². The predicted octanol–water partition coefficient (Wildman–Crippen LogP) is 4.86. The number of nitrogens with one attached hydrogen (secondary N) is 1. The molecule has 0 bridgehead atoms. The number of nitrogens with zero attached hydrogens (tertiary/aromatic N) is 3. The standard InChI is InChI=1S/C34H42N4O7S/c1-36(2)46(41,42)35-32(39)23-9-11-26-29(17-23)38-20-34(21-45-33(40)37-13-15-44-16-14-37)19-28(34)27-18-24(43-3)10-12-25(27)31(38)30(26)22-7-5-4-6-8-22/h9-12,17-18,22,28H,4-8,13-16,19-21H2,1-3H3,(H,35,39)/t28-,34+/m0/s1. The molecule has 7 rings (SSSR count). The summed E-state index contributed by atoms with van der Waals surface area (Å²) >= 11 is 0. The molecule has 46 heavy (non-hydrogen) atoms. The van der Waals surface area contributed by atoms with E-state index >= 15 is 0 Å². The van der Waals surface area contributed by atoms with Gasteiger partial charge in [-0.25, -0.2) is 9.52 Å². The number of carbonyl (C=O) groups excluding carboxylic acids is 2. The van der Waals surface area contributed by atoms with E-state index in [4.69, 9.17) is 14.2 Å². The van der Waals surface area contributed by atoms with Gasteiger partial charge in [0.15, 0.2) is 0 Å². The number of morpholine rings is 1. The van der Waals surface area contributed by atoms with Crippen molar-refractivity contribution in [2.75, 3.05) is 54.1 Å². The van der Waals surface area contributed by atoms with Crippen LogP contribution in [0.3, 0.4) is 0 Å². The summed E-state index contributed by atoms with van der Waals surface area (Å²) in [7, 11) is 0.476. The molecule has 2 aliphatic heterocycles. The van der Waals surface area contributed by atoms with Crippen LogP contribution < -0.4 is 9.46 Å². The summed E-state index contributed by atoms with van der Waals surface area (Å²) in [5.74, 6) is 0.638. The van der Waals surface area contributed by atoms with Gasteiger partial charge in [0.05, 0.1) is 26.0 Å². The van der Waals surface area contributed by atoms with Gasteiger partial charge in [0.1, 0.15) is 12.4 Å². The van der Waals surface area contributed by atoms with E-state index in [0.29, 0.717) is 38.8 Å². The van der Waals surface area contributed by atoms with Gasteiger partial charge in [-0.3, -0.25) is 4.79 Å². The van der Waals surface area contributed by atoms with Gasteiger partial charge in [-0.15, -0.1) is 0 Å². The van der Waals surface area contributed by atoms with Gasteiger partial charge in [0.2, 0.25) is 0 Å². The van der Waals surface area contributed by atoms with E-state index < -0.39 is 16.1 Å². The molecule has 12 heteroatoms. The van der Waals surface area contributed by atoms with Gasteiger partial charge in [-0.1, -0.05) is 25.3 Å². The lowest BCUT2D eigenvalue weighted by Crippen LogP contribution is -2.41. The molecule has 3 fully saturated rings. The van der Waals surface area contributed by atoms with Crippen LogP contribution >= 0.6 is 0 Å². The molecular weight excluding hydrogens is 608 g/mol. The molecule has 4 aliphatic rings. The lowest BCUT2D eigenvalue weighted by molar-refractivity contribution is 0.0201. The Labute approximate surface area is 269 Å². The third kappa shape index (κ3) is 5.43. The number of benzene rings is 2. The molecule has 2 aromatic carbocycles. The Balaban J connectivity index is 1.36. The Bertz CT molecular complexity index is 1790. The van der Waals surface area contributed by atoms with Crippen molar-refractivity contribution in [2.45, 2.75) is 56.9 Å². The number of carbonyl (C=O) groups is 2. The van der Waals surface area contributed by atoms with Gasteiger partial charge in [-0.2, -0.15) is 12.7 Å². The Kier molecular flexibility index (Phi) is 8.01. The fraction of sp³-hybridized carbons (Fsp3) is 0.529. The zero-order valence-corrected chi connectivity index (χ0v) is 27.5. The van der Waals surface area contributed by atoms with Crippen LogP contribution in [0.1, 0.15) is 71.8 Å². The second-order valence-electron chi connectivity index (χ2n) is 13.4. The summed E-state index contributed by atoms with van der Waals surface area (Å²) in [5, 5.41) is 1.08. The molecule has 3 aromatic rings. The zero-order chi connectivity index (χ0) is 32.2. The Morgan fingerprint density at radius 1 is 1.07 bits per heavy atom. The molecule has 2 amide bonds. The van der Waals surface area contributed by atoms with Crippen molar-refractivity contribution >= 4 is 33.1 Å². The van der Waals surface area contributed by atoms with Crippen LogP contribution in [0.15, 0.2) is 36.4 Å². The molecule has 246 valence electrons. The molecular formula is C34H42N4O7S. The SMILES string of the molecule is COc1ccc2c(c1)[C@@H]1C[C@]1(COC(=O)N1CCOCC1)Cn1c-2c(C2CCCCC2)c2ccc(C(=O)NS(=O)(=O)N(C)C)cc21. The van der Waals surface area contributed by atoms with Crippen molar-refractivity contribution in [3.05, 3.63) is 53.1 Å². The average molecular weight is 651 g/mol. The molecule has 2 saturated carbocycles. The normalized spacial score (nSPS) is 22.9. The van der Waals surface area contributed by atoms with Crippen molar-refractivity contribution in [3.8, 4) is 17.0 Å². The molecule has 0 spiro atoms. The summed E-state index contributed by atoms with van der Waals surface area (Å²) in [6, 6.07) is 11.8. The maximum absolute atomic E-state index is 13.3. The maximum Gasteiger partial charge on any atom is 0.409 e. The molecule has 2 atom stereocenters. The second kappa shape index (κ2) is 11.9. The molecule has 1 N–H and O–H groups in total. The summed E-state index contributed by atoms with van der Waals surface area (Å²) in [6.07, 6.45) is 6.27. The van der Waals surface area contributed by atoms with Crippen molar-refractivity contribution in [3.63, 3.8) is 0 Å². The van der Waals surface area contributed by atoms with E-state index in [1.54, 1.807) is 18.1 Å². The zero-order valence-electron chi connectivity index (χ0n) is 26.7. The molecule has 0 unspecified atom stereocenters. The molecule has 1 saturated heterocycles. The third-order valence-electron chi connectivity index (χ3n) is 10.4. The molecule has 3 heterocycles. The van der Waals surface area contributed by atoms with E-state index in [9.17, 15) is 18.0 Å². The van der Waals surface area contributed by atoms with E-state index in [-0.39, 0.29) is 29.6 Å². The van der Waals surface area contributed by atoms with Crippen LogP contribution in [-0.2, 0) is 26.2 Å². The smallest absolute Gasteiger partial charge is 0.409 e. The monoisotopic (exact) mass is 650 g/mol. The van der Waals surface area contributed by atoms with Gasteiger partial charge in [0.25, 0.3) is 5.91 Å². The van der Waals surface area contributed by atoms with Crippen LogP contribution in [0, 0.1) is 5.41 Å². The van der Waals surface area contributed by atoms with Crippen molar-refractivity contribution < 1.29 is 32.2 Å². The van der Waals surface area contributed by atoms with Crippen LogP contribution in [0.2, 0.25) is 0 Å². The highest BCUT2D eigenvalue weighted by atomic mass is 32.2. The number of rotatable bonds is 7. The quantitative estimate of drug-likeness (QED) is 0.388. The fourth-order valence-corrected chi connectivity index (χ4v) is 8.28. The lowest BCUT2D eigenvalue weighted by atomic mass is 9.81. The summed E-state index contributed by atoms with van der Waals surface area (Å²) in [6.45, 7) is 2.91. The second-order valence-corrected chi connectivity index (χ2v) is 15.2. The predicted molar refractivity (Wildman–Crippen MR) is 173 cm³/mol. The van der Waals surface area contributed by atoms with Crippen LogP contribution in [0.5, 0.6) is 5.75 Å². The minimum atomic E-state index is -3.96. The highest BCUT2D eigenvalue weighted by molar-refractivity contribution is 7.87. The van der Waals surface area contributed by atoms with Gasteiger partial charge < -0.3 is 23.7 Å². The first-order valence-corrected chi connectivity index (χ1v) is 17.6. The van der Waals surface area contributed by atoms with E-state index in [1.165, 1.54) is 44.5 Å². The minimum Gasteiger partial charge on any atom is -0.497 e. The third-order valence-corrected chi connectivity index (χ3v) is 11.8. The highest BCUT2D eigenvalue weighted by Crippen LogP contribution is 2.65. The molecule has 1 aromatic heterocycles. The van der Waals surface area contributed by atoms with Gasteiger partial charge in [0, 0.05) is 61.2 Å². The summed E-state index contributed by atoms with van der Waals surface area (Å²) in [4.78, 5) is 28.1. The van der Waals surface area contributed by atoms with E-state index in [1.807, 2.05) is 18.2 Å². The minimum absolute atomic E-state index is 0.168. The fourth-order valence-electron chi connectivity index (χ4n) is 7.74. The maximum atomic E-state index is 13.3. The van der Waals surface area contributed by atoms with Gasteiger partial charge in [-0.05, 0) is 72.6 Å². The molecule has 2 aliphatic carbocycles. The number of hydrogen-bond donors (Lipinski definition) is 1. The Morgan fingerprint density at radius 2 is 1.83 bits per heavy atom. The molecule has 0 radical (unpaired) electrons. The Morgan fingerprint density at radius 3 is 2.54 bits per heavy atom. The summed E-state index contributed by atoms with van der Waals surface area (Å²) in [5.41, 5.74) is 5.58. The van der Waals surface area contributed by atoms with E-state index in [2.05, 4.69) is 21.4 Å². The highest BCUT2D eigenvalue weighted by Gasteiger charge is 2.58. The summed E-state index contributed by atoms with van der Waals surface area (Å²) < 4.78 is 47.6. The number of fused-ring (bicyclic) bond motifs is 7. The molecule has 11 nitrogen and oxygen atoms in total. The van der Waals surface area contributed by atoms with Crippen molar-refractivity contribution in [1.82, 2.24) is 18.5 Å². The Hall–Kier alpha value is -3.61. The number of aromatic nitrogens is 1. The number of methoxy groups -OCH3 is 1. The van der Waals surface area contributed by atoms with Crippen LogP contribution in [0.25, 0.3) is 22.2 Å². The first-order valence-electron chi connectivity index (χ1n) is 16.2. The number of amides is 2. The van der Waals surface area contributed by atoms with Crippen molar-refractivity contribution in [2.24, 2.45) is 5.41 Å². The number of hydrogen-bond acceptors (Lipinski definition) is 7. The lowest BCUT2D eigenvalue weighted by Gasteiger charge is -2.27. The van der Waals surface area contributed by atoms with Crippen LogP contribution in [0.4, 0.5) is 4.79 Å². The average Bonchev–Trinajstić information content (AvgIpc) is 3.72. The van der Waals surface area contributed by atoms with Crippen molar-refractivity contribution in [1.29, 1.82) is 0 Å². The topological polar surface area (TPSA) is 119 Å². The first kappa shape index (κ1) is 31.0. The largest absolute Gasteiger partial charge is 0.497 e. The van der Waals surface area contributed by atoms with Crippen LogP contribution in [-0.4, -0.2) is 88.3 Å². The first-order chi connectivity index (χ1) is 22.1. The number of ether oxygens (including phenoxy) is 3.